The lowest BCUT2D eigenvalue weighted by Gasteiger charge is -2.02. The predicted molar refractivity (Wildman–Crippen MR) is 79.0 cm³/mol. The van der Waals surface area contributed by atoms with Crippen LogP contribution in [0.5, 0.6) is 0 Å². The molecule has 0 aliphatic rings. The minimum Gasteiger partial charge on any atom is -0.504 e. The summed E-state index contributed by atoms with van der Waals surface area (Å²) >= 11 is 0. The van der Waals surface area contributed by atoms with Gasteiger partial charge >= 0.3 is 0 Å². The molecule has 116 valence electrons. The molecule has 3 aromatic rings. The summed E-state index contributed by atoms with van der Waals surface area (Å²) in [5.74, 6) is -1.18. The van der Waals surface area contributed by atoms with Crippen LogP contribution in [0, 0.1) is 5.82 Å². The average molecular weight is 313 g/mol. The smallest absolute Gasteiger partial charge is 0.215 e. The number of aromatic nitrogens is 5. The molecule has 23 heavy (non-hydrogen) atoms. The van der Waals surface area contributed by atoms with Crippen molar-refractivity contribution in [1.29, 1.82) is 0 Å². The lowest BCUT2D eigenvalue weighted by atomic mass is 10.2. The second-order valence-corrected chi connectivity index (χ2v) is 4.71. The number of rotatable bonds is 5. The number of aliphatic hydroxyl groups excluding tert-OH is 1. The predicted octanol–water partition coefficient (Wildman–Crippen LogP) is 1.97. The molecule has 3 rings (SSSR count). The summed E-state index contributed by atoms with van der Waals surface area (Å²) in [7, 11) is 0. The minimum absolute atomic E-state index is 0.0177. The number of ketones is 1. The Balaban J connectivity index is 1.75. The molecule has 0 atom stereocenters. The molecule has 0 amide bonds. The van der Waals surface area contributed by atoms with E-state index in [1.165, 1.54) is 23.1 Å². The number of hydrogen-bond acceptors (Lipinski definition) is 5. The Morgan fingerprint density at radius 1 is 1.35 bits per heavy atom. The van der Waals surface area contributed by atoms with Crippen LogP contribution in [0.1, 0.15) is 21.9 Å². The maximum atomic E-state index is 13.6. The van der Waals surface area contributed by atoms with E-state index in [-0.39, 0.29) is 29.6 Å². The first-order valence-corrected chi connectivity index (χ1v) is 6.71. The number of benzene rings is 1. The van der Waals surface area contributed by atoms with Gasteiger partial charge in [-0.3, -0.25) is 14.6 Å². The third-order valence-electron chi connectivity index (χ3n) is 3.10. The lowest BCUT2D eigenvalue weighted by Crippen LogP contribution is -2.05. The summed E-state index contributed by atoms with van der Waals surface area (Å²) in [6.07, 6.45) is 3.84. The molecule has 0 aliphatic carbocycles. The molecule has 7 nitrogen and oxygen atoms in total. The van der Waals surface area contributed by atoms with Gasteiger partial charge in [-0.05, 0) is 12.1 Å². The molecular formula is C15H12FN5O2. The van der Waals surface area contributed by atoms with Gasteiger partial charge in [0.1, 0.15) is 17.8 Å². The van der Waals surface area contributed by atoms with Crippen molar-refractivity contribution in [2.45, 2.75) is 6.54 Å². The minimum atomic E-state index is -0.500. The number of nitrogens with one attached hydrogen (secondary N) is 1. The van der Waals surface area contributed by atoms with E-state index in [0.29, 0.717) is 5.56 Å². The third-order valence-corrected chi connectivity index (χ3v) is 3.10. The van der Waals surface area contributed by atoms with Crippen LogP contribution in [-0.2, 0) is 6.54 Å². The van der Waals surface area contributed by atoms with E-state index in [4.69, 9.17) is 0 Å². The molecule has 8 heteroatoms. The molecule has 0 aliphatic heterocycles. The number of carbonyl (C=O) groups is 1. The van der Waals surface area contributed by atoms with Gasteiger partial charge in [-0.1, -0.05) is 18.2 Å². The summed E-state index contributed by atoms with van der Waals surface area (Å²) in [5.41, 5.74) is 0.595. The first-order valence-electron chi connectivity index (χ1n) is 6.71. The fraction of sp³-hybridized carbons (Fsp3) is 0.0667. The number of H-pyrrole nitrogens is 1. The topological polar surface area (TPSA) is 96.7 Å². The van der Waals surface area contributed by atoms with Crippen LogP contribution in [0.3, 0.4) is 0 Å². The lowest BCUT2D eigenvalue weighted by molar-refractivity contribution is 0.104. The molecule has 0 saturated heterocycles. The van der Waals surface area contributed by atoms with Crippen LogP contribution in [0.25, 0.3) is 5.76 Å². The average Bonchev–Trinajstić information content (AvgIpc) is 3.21. The highest BCUT2D eigenvalue weighted by Gasteiger charge is 2.12. The van der Waals surface area contributed by atoms with Crippen LogP contribution in [-0.4, -0.2) is 35.9 Å². The standard InChI is InChI=1S/C15H12FN5O2/c16-11-4-2-1-3-10(11)8-21-6-5-12(20-21)13(22)7-14(23)15-17-9-18-19-15/h1-7,9,23H,8H2,(H,17,18,19). The number of aliphatic hydroxyl groups is 1. The van der Waals surface area contributed by atoms with E-state index < -0.39 is 5.78 Å². The van der Waals surface area contributed by atoms with Gasteiger partial charge in [0.15, 0.2) is 5.76 Å². The zero-order chi connectivity index (χ0) is 16.2. The van der Waals surface area contributed by atoms with Crippen LogP contribution in [0.15, 0.2) is 48.9 Å². The number of halogens is 1. The molecule has 2 heterocycles. The van der Waals surface area contributed by atoms with E-state index in [9.17, 15) is 14.3 Å². The van der Waals surface area contributed by atoms with Gasteiger partial charge in [-0.25, -0.2) is 9.37 Å². The Labute approximate surface area is 130 Å². The molecule has 0 spiro atoms. The van der Waals surface area contributed by atoms with Crippen molar-refractivity contribution >= 4 is 11.5 Å². The van der Waals surface area contributed by atoms with Crippen molar-refractivity contribution in [2.75, 3.05) is 0 Å². The van der Waals surface area contributed by atoms with Crippen LogP contribution in [0.4, 0.5) is 4.39 Å². The third kappa shape index (κ3) is 3.31. The second-order valence-electron chi connectivity index (χ2n) is 4.71. The summed E-state index contributed by atoms with van der Waals surface area (Å²) < 4.78 is 15.1. The Hall–Kier alpha value is -3.29. The van der Waals surface area contributed by atoms with Crippen molar-refractivity contribution in [3.05, 3.63) is 71.8 Å². The summed E-state index contributed by atoms with van der Waals surface area (Å²) in [5, 5.41) is 19.9. The van der Waals surface area contributed by atoms with Gasteiger partial charge in [0.2, 0.25) is 11.6 Å². The van der Waals surface area contributed by atoms with E-state index in [2.05, 4.69) is 20.3 Å². The van der Waals surface area contributed by atoms with Gasteiger partial charge in [0, 0.05) is 17.8 Å². The normalized spacial score (nSPS) is 11.6. The highest BCUT2D eigenvalue weighted by Crippen LogP contribution is 2.10. The highest BCUT2D eigenvalue weighted by molar-refractivity contribution is 6.06. The number of carbonyl (C=O) groups excluding carboxylic acids is 1. The second kappa shape index (κ2) is 6.22. The monoisotopic (exact) mass is 313 g/mol. The zero-order valence-corrected chi connectivity index (χ0v) is 11.8. The van der Waals surface area contributed by atoms with Crippen molar-refractivity contribution in [3.63, 3.8) is 0 Å². The van der Waals surface area contributed by atoms with E-state index in [1.807, 2.05) is 0 Å². The Kier molecular flexibility index (Phi) is 3.96. The number of aromatic amines is 1. The number of allylic oxidation sites excluding steroid dienone is 1. The molecule has 2 N–H and O–H groups in total. The summed E-state index contributed by atoms with van der Waals surface area (Å²) in [6, 6.07) is 7.83. The van der Waals surface area contributed by atoms with Crippen LogP contribution >= 0.6 is 0 Å². The number of hydrogen-bond donors (Lipinski definition) is 2. The molecule has 0 unspecified atom stereocenters. The van der Waals surface area contributed by atoms with Gasteiger partial charge in [-0.15, -0.1) is 0 Å². The number of nitrogens with zero attached hydrogens (tertiary/aromatic N) is 4. The molecule has 0 radical (unpaired) electrons. The Bertz CT molecular complexity index is 854. The molecule has 0 fully saturated rings. The SMILES string of the molecule is O=C(C=C(O)c1nc[nH]n1)c1ccn(Cc2ccccc2F)n1. The largest absolute Gasteiger partial charge is 0.504 e. The Morgan fingerprint density at radius 3 is 2.91 bits per heavy atom. The first-order chi connectivity index (χ1) is 11.1. The van der Waals surface area contributed by atoms with E-state index >= 15 is 0 Å². The Morgan fingerprint density at radius 2 is 2.17 bits per heavy atom. The van der Waals surface area contributed by atoms with Crippen molar-refractivity contribution in [2.24, 2.45) is 0 Å². The fourth-order valence-electron chi connectivity index (χ4n) is 1.98. The van der Waals surface area contributed by atoms with Gasteiger partial charge < -0.3 is 5.11 Å². The molecule has 0 saturated carbocycles. The van der Waals surface area contributed by atoms with Gasteiger partial charge in [0.05, 0.1) is 6.54 Å². The van der Waals surface area contributed by atoms with Crippen LogP contribution < -0.4 is 0 Å². The van der Waals surface area contributed by atoms with Crippen molar-refractivity contribution in [3.8, 4) is 0 Å². The van der Waals surface area contributed by atoms with E-state index in [1.54, 1.807) is 24.4 Å². The maximum absolute atomic E-state index is 13.6. The molecule has 0 bridgehead atoms. The van der Waals surface area contributed by atoms with Gasteiger partial charge in [0.25, 0.3) is 0 Å². The van der Waals surface area contributed by atoms with Crippen molar-refractivity contribution < 1.29 is 14.3 Å². The highest BCUT2D eigenvalue weighted by atomic mass is 19.1. The summed E-state index contributed by atoms with van der Waals surface area (Å²) in [4.78, 5) is 15.8. The van der Waals surface area contributed by atoms with Crippen LogP contribution in [0.2, 0.25) is 0 Å². The zero-order valence-electron chi connectivity index (χ0n) is 11.8. The van der Waals surface area contributed by atoms with Gasteiger partial charge in [-0.2, -0.15) is 10.2 Å². The fourth-order valence-corrected chi connectivity index (χ4v) is 1.98. The summed E-state index contributed by atoms with van der Waals surface area (Å²) in [6.45, 7) is 0.205. The molecular weight excluding hydrogens is 301 g/mol. The maximum Gasteiger partial charge on any atom is 0.215 e. The quantitative estimate of drug-likeness (QED) is 0.426. The molecule has 2 aromatic heterocycles. The van der Waals surface area contributed by atoms with E-state index in [0.717, 1.165) is 6.08 Å². The first kappa shape index (κ1) is 14.6. The van der Waals surface area contributed by atoms with Crippen molar-refractivity contribution in [1.82, 2.24) is 25.0 Å². The molecule has 1 aromatic carbocycles.